The first-order chi connectivity index (χ1) is 13.2. The minimum Gasteiger partial charge on any atom is -0.497 e. The molecule has 0 aliphatic carbocycles. The Kier molecular flexibility index (Phi) is 10.1. The number of unbranched alkanes of at least 4 members (excludes halogenated alkanes) is 2. The lowest BCUT2D eigenvalue weighted by molar-refractivity contribution is -0.209. The summed E-state index contributed by atoms with van der Waals surface area (Å²) in [5.41, 5.74) is 0.835. The first-order valence-corrected chi connectivity index (χ1v) is 9.38. The summed E-state index contributed by atoms with van der Waals surface area (Å²) in [5, 5.41) is 0. The number of alkyl halides is 3. The van der Waals surface area contributed by atoms with Gasteiger partial charge in [-0.3, -0.25) is 0 Å². The smallest absolute Gasteiger partial charge is 0.490 e. The molecular formula is C21H29F3O4. The van der Waals surface area contributed by atoms with Crippen LogP contribution in [0.15, 0.2) is 36.4 Å². The van der Waals surface area contributed by atoms with E-state index in [4.69, 9.17) is 14.2 Å². The average Bonchev–Trinajstić information content (AvgIpc) is 2.64. The van der Waals surface area contributed by atoms with Crippen molar-refractivity contribution in [2.75, 3.05) is 7.11 Å². The second-order valence-corrected chi connectivity index (χ2v) is 6.81. The zero-order valence-corrected chi connectivity index (χ0v) is 16.8. The van der Waals surface area contributed by atoms with Crippen LogP contribution in [-0.4, -0.2) is 31.5 Å². The van der Waals surface area contributed by atoms with Crippen LogP contribution < -0.4 is 4.74 Å². The number of esters is 1. The third-order valence-corrected chi connectivity index (χ3v) is 4.11. The van der Waals surface area contributed by atoms with Crippen molar-refractivity contribution >= 4 is 5.97 Å². The van der Waals surface area contributed by atoms with Crippen LogP contribution in [0, 0.1) is 5.92 Å². The van der Waals surface area contributed by atoms with Gasteiger partial charge in [0.15, 0.2) is 0 Å². The standard InChI is InChI=1S/C21H29F3O4/c1-5-6-7-8-9-18(28-20(25)21(22,23)24)19(15(2)3)27-14-16-10-12-17(26-4)13-11-16/h8-13,15,18-19H,5-7,14H2,1-4H3/b9-8-/t18-,19-/m0/s1. The normalized spacial score (nSPS) is 14.3. The molecule has 0 aromatic heterocycles. The Balaban J connectivity index is 2.90. The van der Waals surface area contributed by atoms with E-state index >= 15 is 0 Å². The first-order valence-electron chi connectivity index (χ1n) is 9.38. The lowest BCUT2D eigenvalue weighted by Gasteiger charge is -2.28. The molecule has 0 saturated carbocycles. The summed E-state index contributed by atoms with van der Waals surface area (Å²) in [4.78, 5) is 11.4. The maximum atomic E-state index is 12.7. The number of allylic oxidation sites excluding steroid dienone is 1. The second-order valence-electron chi connectivity index (χ2n) is 6.81. The molecule has 7 heteroatoms. The molecule has 1 rings (SSSR count). The van der Waals surface area contributed by atoms with E-state index in [1.54, 1.807) is 25.3 Å². The molecule has 1 aromatic rings. The maximum Gasteiger partial charge on any atom is 0.490 e. The minimum atomic E-state index is -5.05. The molecule has 0 aliphatic rings. The van der Waals surface area contributed by atoms with E-state index in [1.807, 2.05) is 32.9 Å². The Labute approximate surface area is 164 Å². The molecule has 0 radical (unpaired) electrons. The molecular weight excluding hydrogens is 373 g/mol. The fourth-order valence-electron chi connectivity index (χ4n) is 2.54. The molecule has 0 fully saturated rings. The highest BCUT2D eigenvalue weighted by atomic mass is 19.4. The van der Waals surface area contributed by atoms with Gasteiger partial charge in [0.2, 0.25) is 0 Å². The highest BCUT2D eigenvalue weighted by Crippen LogP contribution is 2.23. The SMILES string of the molecule is CCCC/C=C\[C@H](OC(=O)C(F)(F)F)[C@@H](OCc1ccc(OC)cc1)C(C)C. The van der Waals surface area contributed by atoms with Crippen LogP contribution in [0.4, 0.5) is 13.2 Å². The summed E-state index contributed by atoms with van der Waals surface area (Å²) in [6.45, 7) is 5.82. The van der Waals surface area contributed by atoms with Crippen LogP contribution in [0.2, 0.25) is 0 Å². The average molecular weight is 402 g/mol. The molecule has 1 aromatic carbocycles. The molecule has 0 spiro atoms. The number of methoxy groups -OCH3 is 1. The molecule has 28 heavy (non-hydrogen) atoms. The summed E-state index contributed by atoms with van der Waals surface area (Å²) < 4.78 is 53.8. The number of halogens is 3. The zero-order valence-electron chi connectivity index (χ0n) is 16.8. The van der Waals surface area contributed by atoms with Gasteiger partial charge in [0.1, 0.15) is 18.0 Å². The molecule has 4 nitrogen and oxygen atoms in total. The monoisotopic (exact) mass is 402 g/mol. The number of ether oxygens (including phenoxy) is 3. The van der Waals surface area contributed by atoms with Gasteiger partial charge in [-0.1, -0.05) is 51.8 Å². The third-order valence-electron chi connectivity index (χ3n) is 4.11. The van der Waals surface area contributed by atoms with Gasteiger partial charge >= 0.3 is 12.1 Å². The maximum absolute atomic E-state index is 12.7. The third kappa shape index (κ3) is 8.33. The fourth-order valence-corrected chi connectivity index (χ4v) is 2.54. The molecule has 0 heterocycles. The van der Waals surface area contributed by atoms with Crippen molar-refractivity contribution in [3.05, 3.63) is 42.0 Å². The Morgan fingerprint density at radius 1 is 1.18 bits per heavy atom. The van der Waals surface area contributed by atoms with Gasteiger partial charge in [-0.25, -0.2) is 4.79 Å². The summed E-state index contributed by atoms with van der Waals surface area (Å²) in [6.07, 6.45) is -1.10. The second kappa shape index (κ2) is 11.7. The molecule has 0 unspecified atom stereocenters. The fraction of sp³-hybridized carbons (Fsp3) is 0.571. The summed E-state index contributed by atoms with van der Waals surface area (Å²) >= 11 is 0. The lowest BCUT2D eigenvalue weighted by atomic mass is 10.00. The molecule has 0 amide bonds. The largest absolute Gasteiger partial charge is 0.497 e. The van der Waals surface area contributed by atoms with Gasteiger partial charge in [-0.2, -0.15) is 13.2 Å². The number of hydrogen-bond acceptors (Lipinski definition) is 4. The number of benzene rings is 1. The van der Waals surface area contributed by atoms with Gasteiger partial charge in [0.25, 0.3) is 0 Å². The van der Waals surface area contributed by atoms with Crippen molar-refractivity contribution in [1.29, 1.82) is 0 Å². The highest BCUT2D eigenvalue weighted by molar-refractivity contribution is 5.76. The van der Waals surface area contributed by atoms with Crippen LogP contribution in [0.5, 0.6) is 5.75 Å². The summed E-state index contributed by atoms with van der Waals surface area (Å²) in [5.74, 6) is -1.68. The van der Waals surface area contributed by atoms with Crippen LogP contribution in [0.25, 0.3) is 0 Å². The first kappa shape index (κ1) is 24.0. The molecule has 0 N–H and O–H groups in total. The van der Waals surface area contributed by atoms with Crippen molar-refractivity contribution < 1.29 is 32.2 Å². The number of carbonyl (C=O) groups is 1. The van der Waals surface area contributed by atoms with Gasteiger partial charge in [-0.05, 0) is 36.1 Å². The van der Waals surface area contributed by atoms with E-state index < -0.39 is 24.4 Å². The Hall–Kier alpha value is -2.02. The zero-order chi connectivity index (χ0) is 21.2. The molecule has 0 saturated heterocycles. The van der Waals surface area contributed by atoms with Crippen LogP contribution in [0.1, 0.15) is 45.6 Å². The quantitative estimate of drug-likeness (QED) is 0.280. The van der Waals surface area contributed by atoms with Crippen molar-refractivity contribution in [3.8, 4) is 5.75 Å². The van der Waals surface area contributed by atoms with Crippen molar-refractivity contribution in [1.82, 2.24) is 0 Å². The van der Waals surface area contributed by atoms with E-state index in [9.17, 15) is 18.0 Å². The highest BCUT2D eigenvalue weighted by Gasteiger charge is 2.43. The Morgan fingerprint density at radius 2 is 1.82 bits per heavy atom. The van der Waals surface area contributed by atoms with Gasteiger partial charge < -0.3 is 14.2 Å². The van der Waals surface area contributed by atoms with Crippen LogP contribution in [-0.2, 0) is 20.9 Å². The van der Waals surface area contributed by atoms with E-state index in [1.165, 1.54) is 6.08 Å². The summed E-state index contributed by atoms with van der Waals surface area (Å²) in [7, 11) is 1.56. The number of rotatable bonds is 11. The minimum absolute atomic E-state index is 0.167. The van der Waals surface area contributed by atoms with E-state index in [0.717, 1.165) is 18.4 Å². The number of carbonyl (C=O) groups excluding carboxylic acids is 1. The Morgan fingerprint density at radius 3 is 2.32 bits per heavy atom. The predicted octanol–water partition coefficient (Wildman–Crippen LogP) is 5.46. The van der Waals surface area contributed by atoms with Crippen molar-refractivity contribution in [2.24, 2.45) is 5.92 Å². The molecule has 158 valence electrons. The van der Waals surface area contributed by atoms with Crippen LogP contribution >= 0.6 is 0 Å². The van der Waals surface area contributed by atoms with Crippen molar-refractivity contribution in [2.45, 2.75) is 65.0 Å². The molecule has 0 bridgehead atoms. The number of hydrogen-bond donors (Lipinski definition) is 0. The van der Waals surface area contributed by atoms with Gasteiger partial charge in [-0.15, -0.1) is 0 Å². The molecule has 2 atom stereocenters. The Bertz CT molecular complexity index is 609. The topological polar surface area (TPSA) is 44.8 Å². The van der Waals surface area contributed by atoms with Gasteiger partial charge in [0.05, 0.1) is 13.7 Å². The van der Waals surface area contributed by atoms with E-state index in [0.29, 0.717) is 12.2 Å². The van der Waals surface area contributed by atoms with E-state index in [-0.39, 0.29) is 12.5 Å². The van der Waals surface area contributed by atoms with E-state index in [2.05, 4.69) is 0 Å². The lowest BCUT2D eigenvalue weighted by Crippen LogP contribution is -2.39. The van der Waals surface area contributed by atoms with Gasteiger partial charge in [0, 0.05) is 0 Å². The van der Waals surface area contributed by atoms with Crippen molar-refractivity contribution in [3.63, 3.8) is 0 Å². The molecule has 0 aliphatic heterocycles. The predicted molar refractivity (Wildman–Crippen MR) is 101 cm³/mol. The summed E-state index contributed by atoms with van der Waals surface area (Å²) in [6, 6.07) is 7.16. The van der Waals surface area contributed by atoms with Crippen LogP contribution in [0.3, 0.4) is 0 Å².